The van der Waals surface area contributed by atoms with Crippen LogP contribution in [0.25, 0.3) is 0 Å². The van der Waals surface area contributed by atoms with Crippen molar-refractivity contribution in [3.63, 3.8) is 0 Å². The SMILES string of the molecule is Nc1cc(Cl)cc(OC(F)(F)F)c1I. The van der Waals surface area contributed by atoms with Crippen LogP contribution < -0.4 is 10.5 Å². The van der Waals surface area contributed by atoms with Gasteiger partial charge in [0.2, 0.25) is 0 Å². The van der Waals surface area contributed by atoms with Gasteiger partial charge in [0.1, 0.15) is 5.75 Å². The molecule has 0 saturated heterocycles. The number of benzene rings is 1. The van der Waals surface area contributed by atoms with E-state index < -0.39 is 6.36 Å². The molecule has 0 aliphatic rings. The molecular formula is C7H4ClF3INO. The van der Waals surface area contributed by atoms with Gasteiger partial charge in [0.25, 0.3) is 0 Å². The summed E-state index contributed by atoms with van der Waals surface area (Å²) >= 11 is 7.17. The van der Waals surface area contributed by atoms with E-state index in [0.29, 0.717) is 0 Å². The van der Waals surface area contributed by atoms with E-state index in [9.17, 15) is 13.2 Å². The largest absolute Gasteiger partial charge is 0.573 e. The van der Waals surface area contributed by atoms with Crippen LogP contribution >= 0.6 is 34.2 Å². The minimum absolute atomic E-state index is 0.0992. The van der Waals surface area contributed by atoms with E-state index in [-0.39, 0.29) is 20.0 Å². The van der Waals surface area contributed by atoms with Gasteiger partial charge in [-0.2, -0.15) is 0 Å². The Kier molecular flexibility index (Phi) is 3.36. The Morgan fingerprint density at radius 3 is 2.43 bits per heavy atom. The molecular weight excluding hydrogens is 333 g/mol. The zero-order valence-corrected chi connectivity index (χ0v) is 9.44. The molecule has 1 aromatic carbocycles. The van der Waals surface area contributed by atoms with Gasteiger partial charge in [0.05, 0.1) is 9.26 Å². The van der Waals surface area contributed by atoms with Gasteiger partial charge in [0, 0.05) is 11.1 Å². The molecule has 0 unspecified atom stereocenters. The Labute approximate surface area is 96.3 Å². The molecule has 0 fully saturated rings. The van der Waals surface area contributed by atoms with E-state index in [1.165, 1.54) is 6.07 Å². The predicted molar refractivity (Wildman–Crippen MR) is 55.3 cm³/mol. The molecule has 0 saturated carbocycles. The van der Waals surface area contributed by atoms with Gasteiger partial charge in [-0.15, -0.1) is 13.2 Å². The number of alkyl halides is 3. The number of hydrogen-bond acceptors (Lipinski definition) is 2. The van der Waals surface area contributed by atoms with Crippen molar-refractivity contribution < 1.29 is 17.9 Å². The maximum Gasteiger partial charge on any atom is 0.573 e. The van der Waals surface area contributed by atoms with Crippen molar-refractivity contribution in [3.8, 4) is 5.75 Å². The van der Waals surface area contributed by atoms with Crippen molar-refractivity contribution >= 4 is 39.9 Å². The average Bonchev–Trinajstić information content (AvgIpc) is 1.96. The third kappa shape index (κ3) is 3.09. The fourth-order valence-corrected chi connectivity index (χ4v) is 1.42. The van der Waals surface area contributed by atoms with E-state index in [4.69, 9.17) is 17.3 Å². The van der Waals surface area contributed by atoms with Gasteiger partial charge in [0.15, 0.2) is 0 Å². The molecule has 7 heteroatoms. The molecule has 0 spiro atoms. The Bertz CT molecular complexity index is 356. The molecule has 14 heavy (non-hydrogen) atoms. The van der Waals surface area contributed by atoms with E-state index >= 15 is 0 Å². The van der Waals surface area contributed by atoms with Gasteiger partial charge < -0.3 is 10.5 Å². The summed E-state index contributed by atoms with van der Waals surface area (Å²) in [5.41, 5.74) is 5.55. The lowest BCUT2D eigenvalue weighted by molar-refractivity contribution is -0.274. The lowest BCUT2D eigenvalue weighted by Gasteiger charge is -2.11. The molecule has 0 heterocycles. The van der Waals surface area contributed by atoms with E-state index in [1.807, 2.05) is 0 Å². The van der Waals surface area contributed by atoms with Gasteiger partial charge in [-0.1, -0.05) is 11.6 Å². The van der Waals surface area contributed by atoms with Gasteiger partial charge >= 0.3 is 6.36 Å². The Morgan fingerprint density at radius 1 is 1.36 bits per heavy atom. The molecule has 0 amide bonds. The molecule has 1 rings (SSSR count). The number of nitrogen functional groups attached to an aromatic ring is 1. The molecule has 0 bridgehead atoms. The van der Waals surface area contributed by atoms with Crippen LogP contribution in [0.1, 0.15) is 0 Å². The van der Waals surface area contributed by atoms with Crippen LogP contribution in [0.5, 0.6) is 5.75 Å². The summed E-state index contributed by atoms with van der Waals surface area (Å²) in [6.45, 7) is 0. The second-order valence-corrected chi connectivity index (χ2v) is 3.87. The van der Waals surface area contributed by atoms with Gasteiger partial charge in [-0.05, 0) is 28.7 Å². The second kappa shape index (κ2) is 4.01. The van der Waals surface area contributed by atoms with Crippen molar-refractivity contribution in [2.45, 2.75) is 6.36 Å². The summed E-state index contributed by atoms with van der Waals surface area (Å²) < 4.78 is 39.5. The van der Waals surface area contributed by atoms with Crippen LogP contribution in [-0.2, 0) is 0 Å². The van der Waals surface area contributed by atoms with Crippen LogP contribution in [0.2, 0.25) is 5.02 Å². The Balaban J connectivity index is 3.09. The normalized spacial score (nSPS) is 11.5. The van der Waals surface area contributed by atoms with Crippen LogP contribution in [0.3, 0.4) is 0 Å². The number of hydrogen-bond donors (Lipinski definition) is 1. The van der Waals surface area contributed by atoms with Crippen LogP contribution in [0.15, 0.2) is 12.1 Å². The monoisotopic (exact) mass is 337 g/mol. The number of ether oxygens (including phenoxy) is 1. The van der Waals surface area contributed by atoms with Crippen molar-refractivity contribution in [2.75, 3.05) is 5.73 Å². The average molecular weight is 337 g/mol. The molecule has 0 atom stereocenters. The summed E-state index contributed by atoms with van der Waals surface area (Å²) in [6, 6.07) is 2.42. The first kappa shape index (κ1) is 11.7. The highest BCUT2D eigenvalue weighted by Gasteiger charge is 2.32. The molecule has 78 valence electrons. The minimum atomic E-state index is -4.74. The third-order valence-electron chi connectivity index (χ3n) is 1.26. The second-order valence-electron chi connectivity index (χ2n) is 2.35. The standard InChI is InChI=1S/C7H4ClF3INO/c8-3-1-4(13)6(12)5(2-3)14-7(9,10)11/h1-2H,13H2. The van der Waals surface area contributed by atoms with E-state index in [2.05, 4.69) is 4.74 Å². The zero-order chi connectivity index (χ0) is 10.9. The highest BCUT2D eigenvalue weighted by molar-refractivity contribution is 14.1. The van der Waals surface area contributed by atoms with Crippen molar-refractivity contribution in [3.05, 3.63) is 20.7 Å². The summed E-state index contributed by atoms with van der Waals surface area (Å²) in [6.07, 6.45) is -4.74. The molecule has 0 aromatic heterocycles. The Morgan fingerprint density at radius 2 is 1.93 bits per heavy atom. The molecule has 0 radical (unpaired) electrons. The highest BCUT2D eigenvalue weighted by Crippen LogP contribution is 2.33. The molecule has 0 aliphatic carbocycles. The van der Waals surface area contributed by atoms with Gasteiger partial charge in [-0.3, -0.25) is 0 Å². The first-order valence-corrected chi connectivity index (χ1v) is 4.75. The fraction of sp³-hybridized carbons (Fsp3) is 0.143. The van der Waals surface area contributed by atoms with Crippen molar-refractivity contribution in [2.24, 2.45) is 0 Å². The smallest absolute Gasteiger partial charge is 0.405 e. The first-order valence-electron chi connectivity index (χ1n) is 3.30. The van der Waals surface area contributed by atoms with E-state index in [0.717, 1.165) is 6.07 Å². The lowest BCUT2D eigenvalue weighted by Crippen LogP contribution is -2.18. The molecule has 2 nitrogen and oxygen atoms in total. The maximum absolute atomic E-state index is 11.9. The highest BCUT2D eigenvalue weighted by atomic mass is 127. The number of rotatable bonds is 1. The van der Waals surface area contributed by atoms with E-state index in [1.54, 1.807) is 22.6 Å². The lowest BCUT2D eigenvalue weighted by atomic mass is 10.3. The number of anilines is 1. The van der Waals surface area contributed by atoms with Crippen LogP contribution in [0.4, 0.5) is 18.9 Å². The fourth-order valence-electron chi connectivity index (χ4n) is 0.783. The molecule has 1 aromatic rings. The quantitative estimate of drug-likeness (QED) is 0.629. The topological polar surface area (TPSA) is 35.2 Å². The summed E-state index contributed by atoms with van der Waals surface area (Å²) in [5.74, 6) is -0.386. The van der Waals surface area contributed by atoms with Crippen LogP contribution in [-0.4, -0.2) is 6.36 Å². The van der Waals surface area contributed by atoms with Crippen molar-refractivity contribution in [1.82, 2.24) is 0 Å². The third-order valence-corrected chi connectivity index (χ3v) is 2.63. The van der Waals surface area contributed by atoms with Crippen molar-refractivity contribution in [1.29, 1.82) is 0 Å². The van der Waals surface area contributed by atoms with Crippen LogP contribution in [0, 0.1) is 3.57 Å². The first-order chi connectivity index (χ1) is 6.29. The molecule has 0 aliphatic heterocycles. The number of halogens is 5. The summed E-state index contributed by atoms with van der Waals surface area (Å²) in [4.78, 5) is 0. The molecule has 2 N–H and O–H groups in total. The number of nitrogens with two attached hydrogens (primary N) is 1. The summed E-state index contributed by atoms with van der Waals surface area (Å²) in [5, 5.41) is 0.0992. The van der Waals surface area contributed by atoms with Gasteiger partial charge in [-0.25, -0.2) is 0 Å². The predicted octanol–water partition coefficient (Wildman–Crippen LogP) is 3.43. The minimum Gasteiger partial charge on any atom is -0.405 e. The summed E-state index contributed by atoms with van der Waals surface area (Å²) in [7, 11) is 0. The zero-order valence-electron chi connectivity index (χ0n) is 6.53. The Hall–Kier alpha value is -0.370. The maximum atomic E-state index is 11.9.